The van der Waals surface area contributed by atoms with E-state index in [1.165, 1.54) is 10.9 Å². The third-order valence-electron chi connectivity index (χ3n) is 5.73. The molecular formula is C24H27N3O. The van der Waals surface area contributed by atoms with Crippen molar-refractivity contribution in [3.05, 3.63) is 71.3 Å². The number of benzene rings is 2. The van der Waals surface area contributed by atoms with Crippen LogP contribution in [0.25, 0.3) is 10.9 Å². The molecular weight excluding hydrogens is 346 g/mol. The molecule has 0 spiro atoms. The summed E-state index contributed by atoms with van der Waals surface area (Å²) in [6.07, 6.45) is 4.04. The predicted octanol–water partition coefficient (Wildman–Crippen LogP) is 5.00. The molecule has 0 atom stereocenters. The van der Waals surface area contributed by atoms with Crippen molar-refractivity contribution in [3.63, 3.8) is 0 Å². The fourth-order valence-electron chi connectivity index (χ4n) is 4.11. The zero-order chi connectivity index (χ0) is 19.5. The Kier molecular flexibility index (Phi) is 5.29. The van der Waals surface area contributed by atoms with Crippen LogP contribution in [0.2, 0.25) is 0 Å². The van der Waals surface area contributed by atoms with Crippen LogP contribution in [-0.4, -0.2) is 23.0 Å². The molecule has 0 unspecified atom stereocenters. The van der Waals surface area contributed by atoms with Crippen LogP contribution < -0.4 is 10.6 Å². The van der Waals surface area contributed by atoms with E-state index in [0.717, 1.165) is 48.1 Å². The third-order valence-corrected chi connectivity index (χ3v) is 5.73. The topological polar surface area (TPSA) is 54.0 Å². The summed E-state index contributed by atoms with van der Waals surface area (Å²) in [5.74, 6) is 0.991. The SMILES string of the molecule is Cc1ccccc1C(=O)NC1CCC(Nc2cc(C)c3ccccc3n2)CC1. The number of aryl methyl sites for hydroxylation is 2. The fourth-order valence-corrected chi connectivity index (χ4v) is 4.11. The normalized spacial score (nSPS) is 19.4. The molecule has 1 aliphatic rings. The molecule has 0 saturated heterocycles. The van der Waals surface area contributed by atoms with Crippen LogP contribution in [0.5, 0.6) is 0 Å². The highest BCUT2D eigenvalue weighted by molar-refractivity contribution is 5.95. The third kappa shape index (κ3) is 4.01. The number of carbonyl (C=O) groups excluding carboxylic acids is 1. The summed E-state index contributed by atoms with van der Waals surface area (Å²) in [6, 6.07) is 18.8. The Labute approximate surface area is 166 Å². The standard InChI is InChI=1S/C24H27N3O/c1-16-7-3-4-9-21(16)24(28)26-19-13-11-18(12-14-19)25-23-15-17(2)20-8-5-6-10-22(20)27-23/h3-10,15,18-19H,11-14H2,1-2H3,(H,25,27)(H,26,28). The first-order valence-electron chi connectivity index (χ1n) is 10.1. The quantitative estimate of drug-likeness (QED) is 0.676. The molecule has 1 saturated carbocycles. The maximum atomic E-state index is 12.5. The van der Waals surface area contributed by atoms with Crippen LogP contribution in [0.1, 0.15) is 47.2 Å². The Balaban J connectivity index is 1.34. The number of amides is 1. The van der Waals surface area contributed by atoms with E-state index in [4.69, 9.17) is 4.98 Å². The molecule has 1 aliphatic carbocycles. The number of carbonyl (C=O) groups is 1. The number of rotatable bonds is 4. The second-order valence-corrected chi connectivity index (χ2v) is 7.82. The Bertz CT molecular complexity index is 990. The average Bonchev–Trinajstić information content (AvgIpc) is 2.70. The molecule has 4 rings (SSSR count). The van der Waals surface area contributed by atoms with E-state index in [1.54, 1.807) is 0 Å². The highest BCUT2D eigenvalue weighted by Gasteiger charge is 2.23. The second kappa shape index (κ2) is 8.01. The van der Waals surface area contributed by atoms with Crippen LogP contribution in [0.15, 0.2) is 54.6 Å². The number of nitrogens with zero attached hydrogens (tertiary/aromatic N) is 1. The van der Waals surface area contributed by atoms with Crippen molar-refractivity contribution < 1.29 is 4.79 Å². The number of nitrogens with one attached hydrogen (secondary N) is 2. The summed E-state index contributed by atoms with van der Waals surface area (Å²) in [6.45, 7) is 4.11. The molecule has 0 bridgehead atoms. The maximum absolute atomic E-state index is 12.5. The Morgan fingerprint density at radius 1 is 0.893 bits per heavy atom. The number of pyridine rings is 1. The second-order valence-electron chi connectivity index (χ2n) is 7.82. The summed E-state index contributed by atoms with van der Waals surface area (Å²) in [4.78, 5) is 17.3. The van der Waals surface area contributed by atoms with Gasteiger partial charge >= 0.3 is 0 Å². The summed E-state index contributed by atoms with van der Waals surface area (Å²) in [7, 11) is 0. The molecule has 0 aliphatic heterocycles. The monoisotopic (exact) mass is 373 g/mol. The average molecular weight is 374 g/mol. The van der Waals surface area contributed by atoms with E-state index in [9.17, 15) is 4.79 Å². The Hall–Kier alpha value is -2.88. The fraction of sp³-hybridized carbons (Fsp3) is 0.333. The van der Waals surface area contributed by atoms with Gasteiger partial charge in [-0.2, -0.15) is 0 Å². The van der Waals surface area contributed by atoms with Crippen LogP contribution in [0.3, 0.4) is 0 Å². The molecule has 1 amide bonds. The summed E-state index contributed by atoms with van der Waals surface area (Å²) >= 11 is 0. The molecule has 3 aromatic rings. The van der Waals surface area contributed by atoms with Crippen molar-refractivity contribution >= 4 is 22.6 Å². The first-order valence-corrected chi connectivity index (χ1v) is 10.1. The number of fused-ring (bicyclic) bond motifs is 1. The number of anilines is 1. The molecule has 1 heterocycles. The van der Waals surface area contributed by atoms with Gasteiger partial charge in [-0.3, -0.25) is 4.79 Å². The van der Waals surface area contributed by atoms with Crippen molar-refractivity contribution in [2.45, 2.75) is 51.6 Å². The van der Waals surface area contributed by atoms with Gasteiger partial charge in [-0.15, -0.1) is 0 Å². The van der Waals surface area contributed by atoms with E-state index in [0.29, 0.717) is 6.04 Å². The van der Waals surface area contributed by atoms with Crippen LogP contribution in [0.4, 0.5) is 5.82 Å². The number of hydrogen-bond donors (Lipinski definition) is 2. The smallest absolute Gasteiger partial charge is 0.251 e. The Morgan fingerprint density at radius 2 is 1.57 bits per heavy atom. The molecule has 4 nitrogen and oxygen atoms in total. The van der Waals surface area contributed by atoms with Gasteiger partial charge < -0.3 is 10.6 Å². The van der Waals surface area contributed by atoms with Gasteiger partial charge in [0.1, 0.15) is 5.82 Å². The summed E-state index contributed by atoms with van der Waals surface area (Å²) in [5, 5.41) is 8.02. The maximum Gasteiger partial charge on any atom is 0.251 e. The highest BCUT2D eigenvalue weighted by Crippen LogP contribution is 2.25. The van der Waals surface area contributed by atoms with E-state index in [-0.39, 0.29) is 11.9 Å². The molecule has 28 heavy (non-hydrogen) atoms. The van der Waals surface area contributed by atoms with Crippen molar-refractivity contribution in [3.8, 4) is 0 Å². The van der Waals surface area contributed by atoms with Gasteiger partial charge in [-0.1, -0.05) is 36.4 Å². The minimum absolute atomic E-state index is 0.0429. The predicted molar refractivity (Wildman–Crippen MR) is 115 cm³/mol. The molecule has 144 valence electrons. The van der Waals surface area contributed by atoms with Crippen LogP contribution in [-0.2, 0) is 0 Å². The molecule has 1 fully saturated rings. The minimum atomic E-state index is 0.0429. The van der Waals surface area contributed by atoms with Gasteiger partial charge in [-0.05, 0) is 68.9 Å². The van der Waals surface area contributed by atoms with Gasteiger partial charge in [0, 0.05) is 23.0 Å². The van der Waals surface area contributed by atoms with Gasteiger partial charge in [0.2, 0.25) is 0 Å². The van der Waals surface area contributed by atoms with Gasteiger partial charge in [0.25, 0.3) is 5.91 Å². The van der Waals surface area contributed by atoms with Gasteiger partial charge in [0.15, 0.2) is 0 Å². The van der Waals surface area contributed by atoms with Gasteiger partial charge in [-0.25, -0.2) is 4.98 Å². The first kappa shape index (κ1) is 18.5. The summed E-state index contributed by atoms with van der Waals surface area (Å²) in [5.41, 5.74) is 4.07. The van der Waals surface area contributed by atoms with Crippen LogP contribution >= 0.6 is 0 Å². The lowest BCUT2D eigenvalue weighted by Crippen LogP contribution is -2.40. The van der Waals surface area contributed by atoms with E-state index < -0.39 is 0 Å². The molecule has 4 heteroatoms. The highest BCUT2D eigenvalue weighted by atomic mass is 16.1. The van der Waals surface area contributed by atoms with Crippen LogP contribution in [0, 0.1) is 13.8 Å². The van der Waals surface area contributed by atoms with Crippen molar-refractivity contribution in [1.82, 2.24) is 10.3 Å². The summed E-state index contributed by atoms with van der Waals surface area (Å²) < 4.78 is 0. The molecule has 0 radical (unpaired) electrons. The number of para-hydroxylation sites is 1. The number of hydrogen-bond acceptors (Lipinski definition) is 3. The lowest BCUT2D eigenvalue weighted by molar-refractivity contribution is 0.0926. The van der Waals surface area contributed by atoms with Crippen molar-refractivity contribution in [2.75, 3.05) is 5.32 Å². The number of aromatic nitrogens is 1. The van der Waals surface area contributed by atoms with E-state index >= 15 is 0 Å². The Morgan fingerprint density at radius 3 is 2.36 bits per heavy atom. The zero-order valence-corrected chi connectivity index (χ0v) is 16.5. The first-order chi connectivity index (χ1) is 13.6. The lowest BCUT2D eigenvalue weighted by Gasteiger charge is -2.30. The van der Waals surface area contributed by atoms with E-state index in [2.05, 4.69) is 41.8 Å². The van der Waals surface area contributed by atoms with E-state index in [1.807, 2.05) is 37.3 Å². The zero-order valence-electron chi connectivity index (χ0n) is 16.5. The van der Waals surface area contributed by atoms with Gasteiger partial charge in [0.05, 0.1) is 5.52 Å². The lowest BCUT2D eigenvalue weighted by atomic mass is 9.90. The van der Waals surface area contributed by atoms with Crippen molar-refractivity contribution in [1.29, 1.82) is 0 Å². The molecule has 2 aromatic carbocycles. The molecule has 2 N–H and O–H groups in total. The minimum Gasteiger partial charge on any atom is -0.367 e. The molecule has 1 aromatic heterocycles. The van der Waals surface area contributed by atoms with Crippen molar-refractivity contribution in [2.24, 2.45) is 0 Å². The largest absolute Gasteiger partial charge is 0.367 e.